The SMILES string of the molecule is CCCC1CC(n2ccc3cc(C)ccc3c2=S)C(O)C1CNC. The highest BCUT2D eigenvalue weighted by molar-refractivity contribution is 7.71. The summed E-state index contributed by atoms with van der Waals surface area (Å²) in [5.41, 5.74) is 1.24. The number of pyridine rings is 1. The van der Waals surface area contributed by atoms with Crippen molar-refractivity contribution < 1.29 is 5.11 Å². The van der Waals surface area contributed by atoms with Gasteiger partial charge in [0, 0.05) is 24.0 Å². The molecule has 4 atom stereocenters. The highest BCUT2D eigenvalue weighted by atomic mass is 32.1. The first kappa shape index (κ1) is 17.6. The number of benzene rings is 1. The summed E-state index contributed by atoms with van der Waals surface area (Å²) in [7, 11) is 1.97. The molecule has 1 aliphatic rings. The van der Waals surface area contributed by atoms with Crippen LogP contribution in [0.3, 0.4) is 0 Å². The summed E-state index contributed by atoms with van der Waals surface area (Å²) >= 11 is 5.77. The predicted octanol–water partition coefficient (Wildman–Crippen LogP) is 4.24. The van der Waals surface area contributed by atoms with E-state index in [0.29, 0.717) is 11.8 Å². The molecule has 3 nitrogen and oxygen atoms in total. The molecule has 2 N–H and O–H groups in total. The van der Waals surface area contributed by atoms with E-state index in [2.05, 4.69) is 54.2 Å². The van der Waals surface area contributed by atoms with Crippen molar-refractivity contribution in [2.45, 2.75) is 45.3 Å². The van der Waals surface area contributed by atoms with Crippen molar-refractivity contribution >= 4 is 23.0 Å². The zero-order valence-electron chi connectivity index (χ0n) is 14.8. The van der Waals surface area contributed by atoms with Gasteiger partial charge >= 0.3 is 0 Å². The summed E-state index contributed by atoms with van der Waals surface area (Å²) in [4.78, 5) is 0. The number of aromatic nitrogens is 1. The van der Waals surface area contributed by atoms with Crippen LogP contribution in [0, 0.1) is 23.4 Å². The minimum atomic E-state index is -0.344. The molecule has 3 rings (SSSR count). The van der Waals surface area contributed by atoms with Crippen LogP contribution >= 0.6 is 12.2 Å². The maximum Gasteiger partial charge on any atom is 0.114 e. The average Bonchev–Trinajstić information content (AvgIpc) is 2.85. The van der Waals surface area contributed by atoms with Gasteiger partial charge in [-0.1, -0.05) is 55.7 Å². The molecule has 0 aliphatic heterocycles. The molecule has 4 heteroatoms. The van der Waals surface area contributed by atoms with Crippen LogP contribution in [0.4, 0.5) is 0 Å². The molecule has 0 saturated heterocycles. The van der Waals surface area contributed by atoms with Crippen LogP contribution in [0.25, 0.3) is 10.8 Å². The van der Waals surface area contributed by atoms with Crippen molar-refractivity contribution in [3.63, 3.8) is 0 Å². The van der Waals surface area contributed by atoms with Gasteiger partial charge in [0.1, 0.15) is 4.64 Å². The third-order valence-electron chi connectivity index (χ3n) is 5.53. The summed E-state index contributed by atoms with van der Waals surface area (Å²) in [6.07, 6.45) is 5.06. The van der Waals surface area contributed by atoms with Gasteiger partial charge < -0.3 is 15.0 Å². The smallest absolute Gasteiger partial charge is 0.114 e. The van der Waals surface area contributed by atoms with Crippen LogP contribution < -0.4 is 5.32 Å². The molecule has 0 amide bonds. The number of rotatable bonds is 5. The second-order valence-electron chi connectivity index (χ2n) is 7.18. The third-order valence-corrected chi connectivity index (χ3v) is 5.96. The lowest BCUT2D eigenvalue weighted by atomic mass is 9.91. The van der Waals surface area contributed by atoms with E-state index in [4.69, 9.17) is 12.2 Å². The predicted molar refractivity (Wildman–Crippen MR) is 103 cm³/mol. The zero-order valence-corrected chi connectivity index (χ0v) is 15.6. The molecule has 0 spiro atoms. The summed E-state index contributed by atoms with van der Waals surface area (Å²) in [5.74, 6) is 0.855. The Morgan fingerprint density at radius 3 is 2.83 bits per heavy atom. The lowest BCUT2D eigenvalue weighted by Crippen LogP contribution is -2.32. The van der Waals surface area contributed by atoms with E-state index in [1.807, 2.05) is 7.05 Å². The fraction of sp³-hybridized carbons (Fsp3) is 0.550. The number of hydrogen-bond acceptors (Lipinski definition) is 3. The molecule has 1 fully saturated rings. The van der Waals surface area contributed by atoms with Gasteiger partial charge in [-0.05, 0) is 37.8 Å². The monoisotopic (exact) mass is 344 g/mol. The second kappa shape index (κ2) is 7.34. The maximum atomic E-state index is 11.0. The van der Waals surface area contributed by atoms with E-state index in [9.17, 15) is 5.11 Å². The standard InChI is InChI=1S/C20H28N2OS/c1-4-5-14-11-18(19(23)17(14)12-21-3)22-9-8-15-10-13(2)6-7-16(15)20(22)24/h6-10,14,17-19,21,23H,4-5,11-12H2,1-3H3. The fourth-order valence-electron chi connectivity index (χ4n) is 4.34. The highest BCUT2D eigenvalue weighted by Crippen LogP contribution is 2.42. The Hall–Kier alpha value is -1.23. The molecular formula is C20H28N2OS. The third kappa shape index (κ3) is 3.15. The van der Waals surface area contributed by atoms with Crippen LogP contribution in [0.2, 0.25) is 0 Å². The number of fused-ring (bicyclic) bond motifs is 1. The van der Waals surface area contributed by atoms with Gasteiger partial charge in [-0.2, -0.15) is 0 Å². The Labute approximate surface area is 149 Å². The van der Waals surface area contributed by atoms with Gasteiger partial charge in [0.2, 0.25) is 0 Å². The number of aryl methyl sites for hydroxylation is 1. The fourth-order valence-corrected chi connectivity index (χ4v) is 4.72. The van der Waals surface area contributed by atoms with Crippen molar-refractivity contribution in [1.82, 2.24) is 9.88 Å². The molecule has 1 saturated carbocycles. The Kier molecular flexibility index (Phi) is 5.38. The van der Waals surface area contributed by atoms with Crippen molar-refractivity contribution in [3.05, 3.63) is 40.7 Å². The van der Waals surface area contributed by atoms with Gasteiger partial charge in [-0.25, -0.2) is 0 Å². The first-order valence-electron chi connectivity index (χ1n) is 9.01. The van der Waals surface area contributed by atoms with Gasteiger partial charge in [0.05, 0.1) is 12.1 Å². The lowest BCUT2D eigenvalue weighted by molar-refractivity contribution is 0.0852. The van der Waals surface area contributed by atoms with Crippen LogP contribution in [0.5, 0.6) is 0 Å². The summed E-state index contributed by atoms with van der Waals surface area (Å²) < 4.78 is 2.98. The number of aliphatic hydroxyl groups is 1. The molecule has 1 aliphatic carbocycles. The number of hydrogen-bond donors (Lipinski definition) is 2. The van der Waals surface area contributed by atoms with E-state index >= 15 is 0 Å². The molecule has 2 aromatic rings. The van der Waals surface area contributed by atoms with E-state index < -0.39 is 0 Å². The first-order valence-corrected chi connectivity index (χ1v) is 9.41. The Morgan fingerprint density at radius 1 is 1.33 bits per heavy atom. The number of nitrogens with zero attached hydrogens (tertiary/aromatic N) is 1. The van der Waals surface area contributed by atoms with Gasteiger partial charge in [0.25, 0.3) is 0 Å². The Morgan fingerprint density at radius 2 is 2.12 bits per heavy atom. The molecule has 1 aromatic carbocycles. The van der Waals surface area contributed by atoms with Crippen LogP contribution in [0.15, 0.2) is 30.5 Å². The molecule has 0 bridgehead atoms. The van der Waals surface area contributed by atoms with Crippen molar-refractivity contribution in [2.75, 3.05) is 13.6 Å². The largest absolute Gasteiger partial charge is 0.391 e. The molecule has 1 aromatic heterocycles. The molecule has 24 heavy (non-hydrogen) atoms. The quantitative estimate of drug-likeness (QED) is 0.797. The van der Waals surface area contributed by atoms with E-state index in [1.165, 1.54) is 17.4 Å². The van der Waals surface area contributed by atoms with Gasteiger partial charge in [0.15, 0.2) is 0 Å². The summed E-state index contributed by atoms with van der Waals surface area (Å²) in [6.45, 7) is 5.19. The summed E-state index contributed by atoms with van der Waals surface area (Å²) in [6, 6.07) is 8.60. The molecule has 4 unspecified atom stereocenters. The van der Waals surface area contributed by atoms with E-state index in [-0.39, 0.29) is 12.1 Å². The van der Waals surface area contributed by atoms with Gasteiger partial charge in [-0.15, -0.1) is 0 Å². The number of aliphatic hydroxyl groups excluding tert-OH is 1. The minimum absolute atomic E-state index is 0.0816. The van der Waals surface area contributed by atoms with Crippen LogP contribution in [0.1, 0.15) is 37.8 Å². The normalized spacial score (nSPS) is 27.0. The molecular weight excluding hydrogens is 316 g/mol. The molecule has 130 valence electrons. The lowest BCUT2D eigenvalue weighted by Gasteiger charge is -2.23. The maximum absolute atomic E-state index is 11.0. The molecule has 1 heterocycles. The Bertz CT molecular complexity index is 770. The minimum Gasteiger partial charge on any atom is -0.391 e. The summed E-state index contributed by atoms with van der Waals surface area (Å²) in [5, 5.41) is 16.5. The molecule has 0 radical (unpaired) electrons. The number of nitrogens with one attached hydrogen (secondary N) is 1. The topological polar surface area (TPSA) is 37.2 Å². The van der Waals surface area contributed by atoms with Crippen LogP contribution in [-0.2, 0) is 0 Å². The first-order chi connectivity index (χ1) is 11.6. The van der Waals surface area contributed by atoms with E-state index in [0.717, 1.165) is 29.4 Å². The second-order valence-corrected chi connectivity index (χ2v) is 7.57. The van der Waals surface area contributed by atoms with E-state index in [1.54, 1.807) is 0 Å². The zero-order chi connectivity index (χ0) is 17.3. The highest BCUT2D eigenvalue weighted by Gasteiger charge is 2.42. The van der Waals surface area contributed by atoms with Crippen molar-refractivity contribution in [2.24, 2.45) is 11.8 Å². The van der Waals surface area contributed by atoms with Crippen LogP contribution in [-0.4, -0.2) is 29.4 Å². The van der Waals surface area contributed by atoms with Crippen molar-refractivity contribution in [1.29, 1.82) is 0 Å². The van der Waals surface area contributed by atoms with Crippen molar-refractivity contribution in [3.8, 4) is 0 Å². The Balaban J connectivity index is 1.99. The van der Waals surface area contributed by atoms with Gasteiger partial charge in [-0.3, -0.25) is 0 Å². The average molecular weight is 345 g/mol.